The molecule has 0 saturated carbocycles. The number of anilines is 1. The summed E-state index contributed by atoms with van der Waals surface area (Å²) in [6, 6.07) is 4.54. The lowest BCUT2D eigenvalue weighted by Gasteiger charge is -2.17. The Kier molecular flexibility index (Phi) is 6.69. The van der Waals surface area contributed by atoms with Crippen LogP contribution < -0.4 is 14.2 Å². The van der Waals surface area contributed by atoms with Crippen molar-refractivity contribution < 1.29 is 44.2 Å². The Hall–Kier alpha value is -2.77. The van der Waals surface area contributed by atoms with Crippen LogP contribution in [0.25, 0.3) is 0 Å². The van der Waals surface area contributed by atoms with Gasteiger partial charge in [0.25, 0.3) is 10.0 Å². The van der Waals surface area contributed by atoms with Crippen LogP contribution in [0.4, 0.5) is 32.0 Å². The van der Waals surface area contributed by atoms with Gasteiger partial charge in [-0.1, -0.05) is 12.1 Å². The number of aryl methyl sites for hydroxylation is 1. The molecule has 1 heterocycles. The Labute approximate surface area is 167 Å². The molecule has 2 rings (SSSR count). The molecule has 14 heteroatoms. The van der Waals surface area contributed by atoms with Gasteiger partial charge in [-0.15, -0.1) is 0 Å². The van der Waals surface area contributed by atoms with Gasteiger partial charge in [0, 0.05) is 0 Å². The molecule has 7 nitrogen and oxygen atoms in total. The summed E-state index contributed by atoms with van der Waals surface area (Å²) in [5, 5.41) is 0. The van der Waals surface area contributed by atoms with Crippen LogP contribution in [0, 0.1) is 13.8 Å². The van der Waals surface area contributed by atoms with Crippen LogP contribution in [0.5, 0.6) is 11.8 Å². The van der Waals surface area contributed by atoms with Gasteiger partial charge in [0.1, 0.15) is 6.33 Å². The van der Waals surface area contributed by atoms with Crippen LogP contribution in [-0.2, 0) is 10.0 Å². The summed E-state index contributed by atoms with van der Waals surface area (Å²) in [5.74, 6) is -2.23. The lowest BCUT2D eigenvalue weighted by Crippen LogP contribution is -2.24. The number of alkyl halides is 6. The average molecular weight is 459 g/mol. The normalized spacial score (nSPS) is 12.5. The van der Waals surface area contributed by atoms with Crippen molar-refractivity contribution in [2.24, 2.45) is 0 Å². The fourth-order valence-electron chi connectivity index (χ4n) is 2.14. The Morgan fingerprint density at radius 2 is 1.43 bits per heavy atom. The van der Waals surface area contributed by atoms with Crippen LogP contribution in [0.15, 0.2) is 29.4 Å². The Bertz CT molecular complexity index is 973. The highest BCUT2D eigenvalue weighted by Gasteiger charge is 2.35. The lowest BCUT2D eigenvalue weighted by atomic mass is 10.1. The third-order valence-corrected chi connectivity index (χ3v) is 4.98. The van der Waals surface area contributed by atoms with E-state index in [4.69, 9.17) is 0 Å². The van der Waals surface area contributed by atoms with Crippen molar-refractivity contribution in [2.75, 3.05) is 17.9 Å². The first-order valence-corrected chi connectivity index (χ1v) is 9.51. The van der Waals surface area contributed by atoms with E-state index >= 15 is 0 Å². The van der Waals surface area contributed by atoms with Gasteiger partial charge in [0.15, 0.2) is 13.2 Å². The van der Waals surface area contributed by atoms with Crippen molar-refractivity contribution in [1.82, 2.24) is 9.97 Å². The molecule has 0 aliphatic heterocycles. The molecule has 0 radical (unpaired) electrons. The van der Waals surface area contributed by atoms with E-state index in [-0.39, 0.29) is 5.69 Å². The molecule has 0 fully saturated rings. The van der Waals surface area contributed by atoms with Gasteiger partial charge in [0.2, 0.25) is 16.7 Å². The van der Waals surface area contributed by atoms with E-state index in [1.807, 2.05) is 0 Å². The number of sulfonamides is 1. The summed E-state index contributed by atoms with van der Waals surface area (Å²) >= 11 is 0. The topological polar surface area (TPSA) is 90.4 Å². The largest absolute Gasteiger partial charge is 0.467 e. The summed E-state index contributed by atoms with van der Waals surface area (Å²) < 4.78 is 112. The maximum Gasteiger partial charge on any atom is 0.422 e. The van der Waals surface area contributed by atoms with E-state index in [9.17, 15) is 34.8 Å². The van der Waals surface area contributed by atoms with Crippen LogP contribution in [0.3, 0.4) is 0 Å². The molecule has 0 spiro atoms. The summed E-state index contributed by atoms with van der Waals surface area (Å²) in [7, 11) is -4.81. The van der Waals surface area contributed by atoms with Crippen molar-refractivity contribution in [3.63, 3.8) is 0 Å². The van der Waals surface area contributed by atoms with E-state index in [2.05, 4.69) is 24.2 Å². The fraction of sp³-hybridized carbons (Fsp3) is 0.375. The van der Waals surface area contributed by atoms with Gasteiger partial charge in [-0.25, -0.2) is 18.4 Å². The highest BCUT2D eigenvalue weighted by molar-refractivity contribution is 7.93. The van der Waals surface area contributed by atoms with Gasteiger partial charge < -0.3 is 9.47 Å². The summed E-state index contributed by atoms with van der Waals surface area (Å²) in [6.07, 6.45) is -9.20. The van der Waals surface area contributed by atoms with Crippen molar-refractivity contribution >= 4 is 15.7 Å². The molecule has 0 amide bonds. The summed E-state index contributed by atoms with van der Waals surface area (Å²) in [6.45, 7) is -0.630. The van der Waals surface area contributed by atoms with E-state index in [0.717, 1.165) is 0 Å². The van der Waals surface area contributed by atoms with E-state index in [0.29, 0.717) is 17.5 Å². The van der Waals surface area contributed by atoms with Crippen LogP contribution in [0.1, 0.15) is 11.1 Å². The van der Waals surface area contributed by atoms with Gasteiger partial charge in [-0.05, 0) is 31.0 Å². The molecule has 166 valence electrons. The second-order valence-electron chi connectivity index (χ2n) is 5.97. The molecule has 1 aromatic heterocycles. The Balaban J connectivity index is 2.52. The molecular weight excluding hydrogens is 444 g/mol. The number of nitrogens with one attached hydrogen (secondary N) is 1. The highest BCUT2D eigenvalue weighted by Crippen LogP contribution is 2.33. The van der Waals surface area contributed by atoms with Crippen molar-refractivity contribution in [2.45, 2.75) is 31.1 Å². The first kappa shape index (κ1) is 23.5. The van der Waals surface area contributed by atoms with Gasteiger partial charge >= 0.3 is 12.4 Å². The SMILES string of the molecule is Cc1cccc(NS(=O)(=O)c2c(OCC(F)(F)F)ncnc2OCC(F)(F)F)c1C. The van der Waals surface area contributed by atoms with Crippen LogP contribution >= 0.6 is 0 Å². The summed E-state index contributed by atoms with van der Waals surface area (Å²) in [4.78, 5) is 5.45. The number of halogens is 6. The number of nitrogens with zero attached hydrogens (tertiary/aromatic N) is 2. The molecule has 0 bridgehead atoms. The number of hydrogen-bond donors (Lipinski definition) is 1. The first-order valence-electron chi connectivity index (χ1n) is 8.03. The predicted octanol–water partition coefficient (Wildman–Crippen LogP) is 3.78. The minimum Gasteiger partial charge on any atom is -0.467 e. The van der Waals surface area contributed by atoms with Gasteiger partial charge in [-0.3, -0.25) is 4.72 Å². The van der Waals surface area contributed by atoms with Gasteiger partial charge in [-0.2, -0.15) is 26.3 Å². The Morgan fingerprint density at radius 1 is 0.933 bits per heavy atom. The standard InChI is InChI=1S/C16H15F6N3O4S/c1-9-4-3-5-11(10(9)2)25-30(26,27)12-13(28-6-15(17,18)19)23-8-24-14(12)29-7-16(20,21)22/h3-5,8,25H,6-7H2,1-2H3. The number of aromatic nitrogens is 2. The average Bonchev–Trinajstić information content (AvgIpc) is 2.60. The van der Waals surface area contributed by atoms with Crippen molar-refractivity contribution in [3.8, 4) is 11.8 Å². The second kappa shape index (κ2) is 8.53. The second-order valence-corrected chi connectivity index (χ2v) is 7.59. The predicted molar refractivity (Wildman–Crippen MR) is 91.9 cm³/mol. The van der Waals surface area contributed by atoms with Crippen LogP contribution in [-0.4, -0.2) is 44.0 Å². The number of rotatable bonds is 7. The molecule has 2 aromatic rings. The molecule has 0 atom stereocenters. The van der Waals surface area contributed by atoms with E-state index < -0.39 is 52.2 Å². The molecule has 1 N–H and O–H groups in total. The molecular formula is C16H15F6N3O4S. The smallest absolute Gasteiger partial charge is 0.422 e. The minimum absolute atomic E-state index is 0.0439. The van der Waals surface area contributed by atoms with E-state index in [1.54, 1.807) is 19.9 Å². The summed E-state index contributed by atoms with van der Waals surface area (Å²) in [5.41, 5.74) is 1.21. The zero-order valence-electron chi connectivity index (χ0n) is 15.4. The quantitative estimate of drug-likeness (QED) is 0.634. The molecule has 0 aliphatic carbocycles. The number of ether oxygens (including phenoxy) is 2. The zero-order valence-corrected chi connectivity index (χ0v) is 16.2. The van der Waals surface area contributed by atoms with Gasteiger partial charge in [0.05, 0.1) is 5.69 Å². The lowest BCUT2D eigenvalue weighted by molar-refractivity contribution is -0.155. The Morgan fingerprint density at radius 3 is 1.90 bits per heavy atom. The monoisotopic (exact) mass is 459 g/mol. The zero-order chi connectivity index (χ0) is 22.7. The maximum atomic E-state index is 12.8. The third kappa shape index (κ3) is 6.37. The molecule has 30 heavy (non-hydrogen) atoms. The van der Waals surface area contributed by atoms with Crippen molar-refractivity contribution in [3.05, 3.63) is 35.7 Å². The molecule has 0 unspecified atom stereocenters. The third-order valence-electron chi connectivity index (χ3n) is 3.60. The van der Waals surface area contributed by atoms with Crippen molar-refractivity contribution in [1.29, 1.82) is 0 Å². The maximum absolute atomic E-state index is 12.8. The fourth-order valence-corrected chi connectivity index (χ4v) is 3.43. The molecule has 0 saturated heterocycles. The number of benzene rings is 1. The number of hydrogen-bond acceptors (Lipinski definition) is 6. The van der Waals surface area contributed by atoms with Crippen LogP contribution in [0.2, 0.25) is 0 Å². The minimum atomic E-state index is -4.86. The first-order chi connectivity index (χ1) is 13.7. The molecule has 1 aromatic carbocycles. The highest BCUT2D eigenvalue weighted by atomic mass is 32.2. The molecule has 0 aliphatic rings. The van der Waals surface area contributed by atoms with E-state index in [1.165, 1.54) is 12.1 Å².